The Bertz CT molecular complexity index is 740. The summed E-state index contributed by atoms with van der Waals surface area (Å²) in [6, 6.07) is 11.0. The summed E-state index contributed by atoms with van der Waals surface area (Å²) < 4.78 is 0. The van der Waals surface area contributed by atoms with Gasteiger partial charge in [0.1, 0.15) is 11.5 Å². The van der Waals surface area contributed by atoms with Gasteiger partial charge < -0.3 is 10.2 Å². The third kappa shape index (κ3) is 5.18. The molecule has 2 aromatic carbocycles. The van der Waals surface area contributed by atoms with Gasteiger partial charge in [0.2, 0.25) is 0 Å². The standard InChI is InChI=1S/C21H26N2O2/c1-14-6-8-20(24)18(12-14)16(3)22-10-5-11-23-17(4)19-13-15(2)7-9-21(19)25/h6-9,12-13,24-25H,5,10-11H2,1-4H3/b22-16-,23-17+. The minimum Gasteiger partial charge on any atom is -0.507 e. The zero-order valence-corrected chi connectivity index (χ0v) is 15.4. The maximum absolute atomic E-state index is 9.93. The van der Waals surface area contributed by atoms with E-state index in [2.05, 4.69) is 9.98 Å². The molecule has 0 bridgehead atoms. The first-order chi connectivity index (χ1) is 11.9. The van der Waals surface area contributed by atoms with Gasteiger partial charge in [-0.1, -0.05) is 23.3 Å². The number of benzene rings is 2. The van der Waals surface area contributed by atoms with Crippen molar-refractivity contribution >= 4 is 11.4 Å². The molecule has 2 aromatic rings. The second-order valence-electron chi connectivity index (χ2n) is 6.33. The molecule has 0 fully saturated rings. The molecule has 4 nitrogen and oxygen atoms in total. The van der Waals surface area contributed by atoms with Crippen molar-refractivity contribution in [3.05, 3.63) is 58.7 Å². The highest BCUT2D eigenvalue weighted by Gasteiger charge is 2.05. The molecule has 0 radical (unpaired) electrons. The molecule has 0 aromatic heterocycles. The van der Waals surface area contributed by atoms with E-state index in [0.29, 0.717) is 13.1 Å². The minimum absolute atomic E-state index is 0.260. The van der Waals surface area contributed by atoms with E-state index in [-0.39, 0.29) is 11.5 Å². The lowest BCUT2D eigenvalue weighted by atomic mass is 10.1. The maximum Gasteiger partial charge on any atom is 0.124 e. The first-order valence-corrected chi connectivity index (χ1v) is 8.50. The van der Waals surface area contributed by atoms with E-state index >= 15 is 0 Å². The molecule has 132 valence electrons. The second-order valence-corrected chi connectivity index (χ2v) is 6.33. The Labute approximate surface area is 149 Å². The van der Waals surface area contributed by atoms with E-state index in [1.54, 1.807) is 12.1 Å². The zero-order chi connectivity index (χ0) is 18.4. The molecular formula is C21H26N2O2. The van der Waals surface area contributed by atoms with Crippen LogP contribution >= 0.6 is 0 Å². The van der Waals surface area contributed by atoms with Gasteiger partial charge in [-0.3, -0.25) is 9.98 Å². The number of aliphatic imine (C=N–C) groups is 2. The molecule has 0 heterocycles. The van der Waals surface area contributed by atoms with E-state index in [9.17, 15) is 10.2 Å². The molecule has 0 amide bonds. The predicted molar refractivity (Wildman–Crippen MR) is 104 cm³/mol. The van der Waals surface area contributed by atoms with Gasteiger partial charge in [0.15, 0.2) is 0 Å². The van der Waals surface area contributed by atoms with Crippen LogP contribution < -0.4 is 0 Å². The van der Waals surface area contributed by atoms with Gasteiger partial charge in [-0.2, -0.15) is 0 Å². The van der Waals surface area contributed by atoms with E-state index in [4.69, 9.17) is 0 Å². The smallest absolute Gasteiger partial charge is 0.124 e. The molecule has 2 N–H and O–H groups in total. The van der Waals surface area contributed by atoms with Gasteiger partial charge >= 0.3 is 0 Å². The summed E-state index contributed by atoms with van der Waals surface area (Å²) in [5, 5.41) is 19.9. The van der Waals surface area contributed by atoms with Crippen LogP contribution in [-0.2, 0) is 0 Å². The van der Waals surface area contributed by atoms with Crippen LogP contribution in [0, 0.1) is 13.8 Å². The first-order valence-electron chi connectivity index (χ1n) is 8.50. The Morgan fingerprint density at radius 1 is 0.760 bits per heavy atom. The molecule has 2 rings (SSSR count). The van der Waals surface area contributed by atoms with Crippen LogP contribution in [-0.4, -0.2) is 34.7 Å². The highest BCUT2D eigenvalue weighted by molar-refractivity contribution is 6.01. The number of phenolic OH excluding ortho intramolecular Hbond substituents is 2. The molecule has 0 aliphatic rings. The van der Waals surface area contributed by atoms with Crippen LogP contribution in [0.5, 0.6) is 11.5 Å². The average molecular weight is 338 g/mol. The van der Waals surface area contributed by atoms with Crippen molar-refractivity contribution in [1.82, 2.24) is 0 Å². The van der Waals surface area contributed by atoms with Gasteiger partial charge in [-0.05, 0) is 58.4 Å². The summed E-state index contributed by atoms with van der Waals surface area (Å²) in [5.74, 6) is 0.520. The number of hydrogen-bond acceptors (Lipinski definition) is 4. The molecule has 0 unspecified atom stereocenters. The molecular weight excluding hydrogens is 312 g/mol. The minimum atomic E-state index is 0.260. The van der Waals surface area contributed by atoms with Gasteiger partial charge in [0.25, 0.3) is 0 Å². The van der Waals surface area contributed by atoms with Crippen LogP contribution in [0.15, 0.2) is 46.4 Å². The highest BCUT2D eigenvalue weighted by atomic mass is 16.3. The van der Waals surface area contributed by atoms with Crippen molar-refractivity contribution in [3.8, 4) is 11.5 Å². The quantitative estimate of drug-likeness (QED) is 0.605. The molecule has 0 atom stereocenters. The van der Waals surface area contributed by atoms with Gasteiger partial charge in [-0.25, -0.2) is 0 Å². The molecule has 25 heavy (non-hydrogen) atoms. The maximum atomic E-state index is 9.93. The topological polar surface area (TPSA) is 65.2 Å². The molecule has 4 heteroatoms. The van der Waals surface area contributed by atoms with E-state index in [0.717, 1.165) is 40.1 Å². The van der Waals surface area contributed by atoms with Crippen molar-refractivity contribution in [2.24, 2.45) is 9.98 Å². The normalized spacial score (nSPS) is 12.5. The van der Waals surface area contributed by atoms with Crippen molar-refractivity contribution in [1.29, 1.82) is 0 Å². The molecule has 0 aliphatic heterocycles. The third-order valence-corrected chi connectivity index (χ3v) is 4.10. The van der Waals surface area contributed by atoms with E-state index < -0.39 is 0 Å². The van der Waals surface area contributed by atoms with E-state index in [1.807, 2.05) is 52.0 Å². The number of nitrogens with zero attached hydrogens (tertiary/aromatic N) is 2. The largest absolute Gasteiger partial charge is 0.507 e. The lowest BCUT2D eigenvalue weighted by Gasteiger charge is -2.06. The first kappa shape index (κ1) is 18.7. The van der Waals surface area contributed by atoms with Gasteiger partial charge in [0.05, 0.1) is 0 Å². The number of hydrogen-bond donors (Lipinski definition) is 2. The van der Waals surface area contributed by atoms with Crippen LogP contribution in [0.4, 0.5) is 0 Å². The zero-order valence-electron chi connectivity index (χ0n) is 15.4. The summed E-state index contributed by atoms with van der Waals surface area (Å²) in [5.41, 5.74) is 5.42. The number of phenols is 2. The monoisotopic (exact) mass is 338 g/mol. The molecule has 0 saturated heterocycles. The molecule has 0 saturated carbocycles. The average Bonchev–Trinajstić information content (AvgIpc) is 2.58. The Balaban J connectivity index is 1.94. The summed E-state index contributed by atoms with van der Waals surface area (Å²) in [4.78, 5) is 9.07. The summed E-state index contributed by atoms with van der Waals surface area (Å²) in [6.45, 7) is 9.11. The van der Waals surface area contributed by atoms with Crippen LogP contribution in [0.3, 0.4) is 0 Å². The second kappa shape index (κ2) is 8.47. The third-order valence-electron chi connectivity index (χ3n) is 4.10. The fourth-order valence-corrected chi connectivity index (χ4v) is 2.61. The molecule has 0 spiro atoms. The van der Waals surface area contributed by atoms with Crippen molar-refractivity contribution in [3.63, 3.8) is 0 Å². The lowest BCUT2D eigenvalue weighted by molar-refractivity contribution is 0.473. The molecule has 0 aliphatic carbocycles. The fraction of sp³-hybridized carbons (Fsp3) is 0.333. The summed E-state index contributed by atoms with van der Waals surface area (Å²) in [6.07, 6.45) is 0.813. The Hall–Kier alpha value is -2.62. The van der Waals surface area contributed by atoms with Crippen LogP contribution in [0.2, 0.25) is 0 Å². The SMILES string of the molecule is C/C(=N/CCC/N=C(\C)c1cc(C)ccc1O)c1cc(C)ccc1O. The van der Waals surface area contributed by atoms with Gasteiger partial charge in [-0.15, -0.1) is 0 Å². The van der Waals surface area contributed by atoms with Crippen LogP contribution in [0.1, 0.15) is 42.5 Å². The summed E-state index contributed by atoms with van der Waals surface area (Å²) in [7, 11) is 0. The Morgan fingerprint density at radius 3 is 1.56 bits per heavy atom. The van der Waals surface area contributed by atoms with Crippen LogP contribution in [0.25, 0.3) is 0 Å². The number of rotatable bonds is 6. The lowest BCUT2D eigenvalue weighted by Crippen LogP contribution is -2.01. The number of aryl methyl sites for hydroxylation is 2. The number of aromatic hydroxyl groups is 2. The highest BCUT2D eigenvalue weighted by Crippen LogP contribution is 2.20. The predicted octanol–water partition coefficient (Wildman–Crippen LogP) is 4.42. The Morgan fingerprint density at radius 2 is 1.16 bits per heavy atom. The van der Waals surface area contributed by atoms with Crippen molar-refractivity contribution in [2.75, 3.05) is 13.1 Å². The van der Waals surface area contributed by atoms with Gasteiger partial charge in [0, 0.05) is 35.6 Å². The fourth-order valence-electron chi connectivity index (χ4n) is 2.61. The van der Waals surface area contributed by atoms with E-state index in [1.165, 1.54) is 0 Å². The van der Waals surface area contributed by atoms with Crippen molar-refractivity contribution < 1.29 is 10.2 Å². The summed E-state index contributed by atoms with van der Waals surface area (Å²) >= 11 is 0. The van der Waals surface area contributed by atoms with Crippen molar-refractivity contribution in [2.45, 2.75) is 34.1 Å². The Kier molecular flexibility index (Phi) is 6.34.